The molecule has 0 bridgehead atoms. The van der Waals surface area contributed by atoms with Crippen molar-refractivity contribution in [1.29, 1.82) is 0 Å². The van der Waals surface area contributed by atoms with Crippen LogP contribution in [0.5, 0.6) is 0 Å². The molecule has 0 unspecified atom stereocenters. The first kappa shape index (κ1) is 12.9. The minimum Gasteiger partial charge on any atom is -0.363 e. The molecule has 0 aromatic heterocycles. The van der Waals surface area contributed by atoms with Crippen molar-refractivity contribution in [2.45, 2.75) is 0 Å². The first-order chi connectivity index (χ1) is 9.31. The van der Waals surface area contributed by atoms with E-state index in [-0.39, 0.29) is 0 Å². The number of benzene rings is 2. The van der Waals surface area contributed by atoms with Crippen LogP contribution in [0.1, 0.15) is 15.9 Å². The quantitative estimate of drug-likeness (QED) is 0.615. The third-order valence-corrected chi connectivity index (χ3v) is 2.80. The van der Waals surface area contributed by atoms with Gasteiger partial charge in [0, 0.05) is 23.9 Å². The Morgan fingerprint density at radius 1 is 1.05 bits per heavy atom. The molecular weight excluding hydrogens is 234 g/mol. The van der Waals surface area contributed by atoms with Crippen molar-refractivity contribution in [2.24, 2.45) is 0 Å². The highest BCUT2D eigenvalue weighted by molar-refractivity contribution is 5.84. The molecule has 0 aliphatic rings. The van der Waals surface area contributed by atoms with Crippen molar-refractivity contribution in [2.75, 3.05) is 18.5 Å². The van der Waals surface area contributed by atoms with Gasteiger partial charge in [-0.3, -0.25) is 4.79 Å². The molecule has 0 saturated carbocycles. The lowest BCUT2D eigenvalue weighted by molar-refractivity contribution is 0.112. The van der Waals surface area contributed by atoms with Crippen LogP contribution in [-0.4, -0.2) is 19.9 Å². The molecule has 0 spiro atoms. The van der Waals surface area contributed by atoms with Gasteiger partial charge in [0.1, 0.15) is 0 Å². The fourth-order valence-corrected chi connectivity index (χ4v) is 1.80. The Morgan fingerprint density at radius 3 is 2.47 bits per heavy atom. The van der Waals surface area contributed by atoms with Gasteiger partial charge in [-0.15, -0.1) is 0 Å². The summed E-state index contributed by atoms with van der Waals surface area (Å²) < 4.78 is 0. The Hall–Kier alpha value is -2.53. The van der Waals surface area contributed by atoms with E-state index in [1.54, 1.807) is 0 Å². The number of para-hydroxylation sites is 1. The van der Waals surface area contributed by atoms with Crippen LogP contribution in [0.2, 0.25) is 0 Å². The molecule has 2 nitrogen and oxygen atoms in total. The van der Waals surface area contributed by atoms with Crippen LogP contribution in [0, 0.1) is 11.8 Å². The zero-order valence-electron chi connectivity index (χ0n) is 10.8. The van der Waals surface area contributed by atoms with Gasteiger partial charge in [-0.2, -0.15) is 0 Å². The average molecular weight is 249 g/mol. The van der Waals surface area contributed by atoms with Gasteiger partial charge >= 0.3 is 0 Å². The van der Waals surface area contributed by atoms with E-state index in [0.29, 0.717) is 12.1 Å². The summed E-state index contributed by atoms with van der Waals surface area (Å²) in [6.07, 6.45) is 0.871. The predicted octanol–water partition coefficient (Wildman–Crippen LogP) is 2.99. The fourth-order valence-electron chi connectivity index (χ4n) is 1.80. The summed E-state index contributed by atoms with van der Waals surface area (Å²) in [6.45, 7) is 0.583. The van der Waals surface area contributed by atoms with E-state index in [1.165, 1.54) is 0 Å². The molecule has 0 saturated heterocycles. The predicted molar refractivity (Wildman–Crippen MR) is 78.4 cm³/mol. The van der Waals surface area contributed by atoms with Crippen molar-refractivity contribution < 1.29 is 4.79 Å². The highest BCUT2D eigenvalue weighted by atomic mass is 16.1. The molecular formula is C17H15NO. The summed E-state index contributed by atoms with van der Waals surface area (Å²) in [5, 5.41) is 0. The maximum Gasteiger partial charge on any atom is 0.152 e. The van der Waals surface area contributed by atoms with Crippen LogP contribution in [-0.2, 0) is 0 Å². The highest BCUT2D eigenvalue weighted by Gasteiger charge is 2.03. The van der Waals surface area contributed by atoms with E-state index in [2.05, 4.69) is 11.8 Å². The topological polar surface area (TPSA) is 20.3 Å². The summed E-state index contributed by atoms with van der Waals surface area (Å²) in [7, 11) is 1.93. The molecule has 0 heterocycles. The Bertz CT molecular complexity index is 608. The molecule has 19 heavy (non-hydrogen) atoms. The second-order valence-corrected chi connectivity index (χ2v) is 4.20. The van der Waals surface area contributed by atoms with E-state index < -0.39 is 0 Å². The van der Waals surface area contributed by atoms with Gasteiger partial charge < -0.3 is 4.90 Å². The standard InChI is InChI=1S/C17H15NO/c1-18(17-12-6-5-11-16(17)14-19)13-7-10-15-8-3-2-4-9-15/h2-6,8-9,11-12,14H,13H2,1H3. The van der Waals surface area contributed by atoms with Crippen LogP contribution in [0.4, 0.5) is 5.69 Å². The van der Waals surface area contributed by atoms with Crippen molar-refractivity contribution in [3.05, 3.63) is 65.7 Å². The summed E-state index contributed by atoms with van der Waals surface area (Å²) >= 11 is 0. The van der Waals surface area contributed by atoms with Gasteiger partial charge in [0.2, 0.25) is 0 Å². The Labute approximate surface area is 113 Å². The Morgan fingerprint density at radius 2 is 1.74 bits per heavy atom. The highest BCUT2D eigenvalue weighted by Crippen LogP contribution is 2.16. The van der Waals surface area contributed by atoms with Crippen LogP contribution in [0.3, 0.4) is 0 Å². The normalized spacial score (nSPS) is 9.32. The Kier molecular flexibility index (Phi) is 4.36. The number of aldehydes is 1. The minimum atomic E-state index is 0.583. The van der Waals surface area contributed by atoms with E-state index in [0.717, 1.165) is 17.5 Å². The van der Waals surface area contributed by atoms with Crippen molar-refractivity contribution in [1.82, 2.24) is 0 Å². The number of rotatable bonds is 3. The zero-order valence-corrected chi connectivity index (χ0v) is 10.8. The second-order valence-electron chi connectivity index (χ2n) is 4.20. The average Bonchev–Trinajstić information content (AvgIpc) is 2.48. The zero-order chi connectivity index (χ0) is 13.5. The number of carbonyl (C=O) groups is 1. The minimum absolute atomic E-state index is 0.583. The van der Waals surface area contributed by atoms with E-state index >= 15 is 0 Å². The lowest BCUT2D eigenvalue weighted by Gasteiger charge is -2.17. The molecule has 2 aromatic carbocycles. The van der Waals surface area contributed by atoms with Crippen LogP contribution in [0.25, 0.3) is 0 Å². The Balaban J connectivity index is 2.08. The maximum atomic E-state index is 11.0. The first-order valence-electron chi connectivity index (χ1n) is 6.10. The van der Waals surface area contributed by atoms with Gasteiger partial charge in [-0.25, -0.2) is 0 Å². The summed E-state index contributed by atoms with van der Waals surface area (Å²) in [5.74, 6) is 6.21. The SMILES string of the molecule is CN(CC#Cc1ccccc1)c1ccccc1C=O. The third kappa shape index (κ3) is 3.46. The summed E-state index contributed by atoms with van der Waals surface area (Å²) in [5.41, 5.74) is 2.59. The van der Waals surface area contributed by atoms with E-state index in [4.69, 9.17) is 0 Å². The maximum absolute atomic E-state index is 11.0. The second kappa shape index (κ2) is 6.42. The van der Waals surface area contributed by atoms with Crippen molar-refractivity contribution in [3.63, 3.8) is 0 Å². The summed E-state index contributed by atoms with van der Waals surface area (Å²) in [6, 6.07) is 17.4. The molecule has 0 aliphatic carbocycles. The molecule has 2 heteroatoms. The van der Waals surface area contributed by atoms with Crippen molar-refractivity contribution >= 4 is 12.0 Å². The molecule has 94 valence electrons. The molecule has 0 aliphatic heterocycles. The number of carbonyl (C=O) groups excluding carboxylic acids is 1. The summed E-state index contributed by atoms with van der Waals surface area (Å²) in [4.78, 5) is 12.9. The molecule has 0 N–H and O–H groups in total. The largest absolute Gasteiger partial charge is 0.363 e. The van der Waals surface area contributed by atoms with Gasteiger partial charge in [-0.1, -0.05) is 42.2 Å². The molecule has 2 aromatic rings. The number of anilines is 1. The molecule has 2 rings (SSSR count). The number of nitrogens with zero attached hydrogens (tertiary/aromatic N) is 1. The monoisotopic (exact) mass is 249 g/mol. The van der Waals surface area contributed by atoms with Crippen molar-refractivity contribution in [3.8, 4) is 11.8 Å². The molecule has 0 radical (unpaired) electrons. The van der Waals surface area contributed by atoms with Crippen LogP contribution >= 0.6 is 0 Å². The van der Waals surface area contributed by atoms with Gasteiger partial charge in [0.25, 0.3) is 0 Å². The van der Waals surface area contributed by atoms with Crippen LogP contribution in [0.15, 0.2) is 54.6 Å². The molecule has 0 amide bonds. The van der Waals surface area contributed by atoms with Gasteiger partial charge in [0.05, 0.1) is 6.54 Å². The van der Waals surface area contributed by atoms with Crippen LogP contribution < -0.4 is 4.90 Å². The van der Waals surface area contributed by atoms with E-state index in [1.807, 2.05) is 66.5 Å². The molecule has 0 atom stereocenters. The van der Waals surface area contributed by atoms with Gasteiger partial charge in [0.15, 0.2) is 6.29 Å². The lowest BCUT2D eigenvalue weighted by Crippen LogP contribution is -2.18. The smallest absolute Gasteiger partial charge is 0.152 e. The molecule has 0 fully saturated rings. The third-order valence-electron chi connectivity index (χ3n) is 2.80. The van der Waals surface area contributed by atoms with Gasteiger partial charge in [-0.05, 0) is 24.3 Å². The fraction of sp³-hybridized carbons (Fsp3) is 0.118. The van der Waals surface area contributed by atoms with E-state index in [9.17, 15) is 4.79 Å². The number of hydrogen-bond acceptors (Lipinski definition) is 2. The first-order valence-corrected chi connectivity index (χ1v) is 6.10. The number of hydrogen-bond donors (Lipinski definition) is 0. The lowest BCUT2D eigenvalue weighted by atomic mass is 10.2.